The zero-order chi connectivity index (χ0) is 20.7. The van der Waals surface area contributed by atoms with Crippen LogP contribution < -0.4 is 5.14 Å². The fourth-order valence-electron chi connectivity index (χ4n) is 2.45. The number of rotatable bonds is 3. The Hall–Kier alpha value is -2.30. The molecule has 0 fully saturated rings. The van der Waals surface area contributed by atoms with Crippen molar-refractivity contribution in [3.63, 3.8) is 0 Å². The molecule has 3 rings (SSSR count). The Labute approximate surface area is 163 Å². The zero-order valence-electron chi connectivity index (χ0n) is 14.7. The fourth-order valence-corrected chi connectivity index (χ4v) is 5.32. The van der Waals surface area contributed by atoms with Gasteiger partial charge in [-0.1, -0.05) is 6.07 Å². The number of pyridine rings is 1. The van der Waals surface area contributed by atoms with E-state index in [1.54, 1.807) is 19.1 Å². The summed E-state index contributed by atoms with van der Waals surface area (Å²) in [4.78, 5) is 8.65. The van der Waals surface area contributed by atoms with Gasteiger partial charge in [-0.15, -0.1) is 11.3 Å². The number of nitrogens with zero attached hydrogens (tertiary/aromatic N) is 2. The number of hydrogen-bond acceptors (Lipinski definition) is 4. The molecule has 0 radical (unpaired) electrons. The highest BCUT2D eigenvalue weighted by molar-refractivity contribution is 8.02. The normalized spacial score (nSPS) is 14.0. The van der Waals surface area contributed by atoms with Crippen LogP contribution in [0.25, 0.3) is 11.3 Å². The van der Waals surface area contributed by atoms with E-state index in [0.717, 1.165) is 28.5 Å². The summed E-state index contributed by atoms with van der Waals surface area (Å²) < 4.78 is 64.5. The molecule has 4 nitrogen and oxygen atoms in total. The molecule has 0 aliphatic heterocycles. The van der Waals surface area contributed by atoms with Crippen molar-refractivity contribution in [2.45, 2.75) is 24.4 Å². The van der Waals surface area contributed by atoms with Crippen LogP contribution in [0.5, 0.6) is 0 Å². The number of aryl methyl sites for hydroxylation is 1. The summed E-state index contributed by atoms with van der Waals surface area (Å²) in [5.41, 5.74) is 0.356. The minimum absolute atomic E-state index is 0.140. The van der Waals surface area contributed by atoms with Gasteiger partial charge in [0.05, 0.1) is 15.4 Å². The van der Waals surface area contributed by atoms with E-state index in [-0.39, 0.29) is 14.8 Å². The minimum Gasteiger partial charge on any atom is -0.253 e. The van der Waals surface area contributed by atoms with Crippen LogP contribution in [0.15, 0.2) is 46.9 Å². The molecule has 0 aliphatic carbocycles. The predicted octanol–water partition coefficient (Wildman–Crippen LogP) is 4.43. The molecule has 148 valence electrons. The van der Waals surface area contributed by atoms with Gasteiger partial charge in [0.15, 0.2) is 4.34 Å². The lowest BCUT2D eigenvalue weighted by Crippen LogP contribution is -2.22. The van der Waals surface area contributed by atoms with Crippen molar-refractivity contribution >= 4 is 25.9 Å². The third kappa shape index (κ3) is 3.94. The number of nitrogens with two attached hydrogens (primary N) is 1. The second-order valence-electron chi connectivity index (χ2n) is 5.98. The fraction of sp³-hybridized carbons (Fsp3) is 0.167. The monoisotopic (exact) mass is 429 g/mol. The molecule has 1 unspecified atom stereocenters. The van der Waals surface area contributed by atoms with Crippen LogP contribution in [-0.4, -0.2) is 19.0 Å². The van der Waals surface area contributed by atoms with Gasteiger partial charge in [-0.2, -0.15) is 13.2 Å². The highest BCUT2D eigenvalue weighted by Gasteiger charge is 2.32. The lowest BCUT2D eigenvalue weighted by molar-refractivity contribution is -0.141. The molecule has 2 aromatic heterocycles. The molecule has 0 saturated heterocycles. The minimum atomic E-state index is -4.56. The van der Waals surface area contributed by atoms with Crippen molar-refractivity contribution in [1.82, 2.24) is 9.97 Å². The van der Waals surface area contributed by atoms with Gasteiger partial charge < -0.3 is 0 Å². The molecule has 0 bridgehead atoms. The number of hydrogen-bond donors (Lipinski definition) is 1. The molecule has 0 amide bonds. The van der Waals surface area contributed by atoms with Crippen LogP contribution in [-0.2, 0) is 15.9 Å². The van der Waals surface area contributed by atoms with E-state index in [0.29, 0.717) is 11.3 Å². The third-order valence-corrected chi connectivity index (χ3v) is 7.58. The molecule has 0 aliphatic rings. The van der Waals surface area contributed by atoms with E-state index in [9.17, 15) is 21.8 Å². The SMILES string of the molecule is CC(c1ccc(C(F)(F)F)nc1)=S(N)(=O)c1nc(-c2ccc(F)cc2)c(C)s1. The van der Waals surface area contributed by atoms with Gasteiger partial charge in [-0.25, -0.2) is 13.6 Å². The van der Waals surface area contributed by atoms with E-state index in [2.05, 4.69) is 9.97 Å². The Morgan fingerprint density at radius 1 is 1.14 bits per heavy atom. The van der Waals surface area contributed by atoms with Crippen molar-refractivity contribution in [2.75, 3.05) is 0 Å². The Morgan fingerprint density at radius 3 is 2.32 bits per heavy atom. The van der Waals surface area contributed by atoms with Crippen LogP contribution in [0, 0.1) is 12.7 Å². The first-order valence-corrected chi connectivity index (χ1v) is 10.4. The summed E-state index contributed by atoms with van der Waals surface area (Å²) in [7, 11) is -3.28. The lowest BCUT2D eigenvalue weighted by Gasteiger charge is -2.10. The Bertz CT molecular complexity index is 1130. The molecular formula is C18H15F4N3OS2. The van der Waals surface area contributed by atoms with Gasteiger partial charge in [-0.3, -0.25) is 10.1 Å². The first kappa shape index (κ1) is 20.4. The van der Waals surface area contributed by atoms with Gasteiger partial charge in [0.25, 0.3) is 0 Å². The van der Waals surface area contributed by atoms with Gasteiger partial charge in [0.1, 0.15) is 11.5 Å². The number of benzene rings is 1. The van der Waals surface area contributed by atoms with E-state index in [1.807, 2.05) is 0 Å². The van der Waals surface area contributed by atoms with Crippen molar-refractivity contribution in [1.29, 1.82) is 0 Å². The summed E-state index contributed by atoms with van der Waals surface area (Å²) in [5, 5.41) is 6.05. The Balaban J connectivity index is 2.05. The Kier molecular flexibility index (Phi) is 5.30. The smallest absolute Gasteiger partial charge is 0.253 e. The van der Waals surface area contributed by atoms with Gasteiger partial charge in [0.2, 0.25) is 0 Å². The standard InChI is InChI=1S/C18H15F4N3OS2/c1-10-16(12-3-6-14(19)7-4-12)25-17(27-10)28(23,26)11(2)13-5-8-15(24-9-13)18(20,21)22/h3-9H,1-2H3,(H2,23,26). The summed E-state index contributed by atoms with van der Waals surface area (Å²) in [6.07, 6.45) is -3.57. The van der Waals surface area contributed by atoms with Crippen LogP contribution >= 0.6 is 11.3 Å². The van der Waals surface area contributed by atoms with Crippen LogP contribution in [0.3, 0.4) is 0 Å². The van der Waals surface area contributed by atoms with Crippen molar-refractivity contribution in [3.05, 3.63) is 64.5 Å². The summed E-state index contributed by atoms with van der Waals surface area (Å²) in [5.74, 6) is -0.390. The zero-order valence-corrected chi connectivity index (χ0v) is 16.4. The molecule has 2 heterocycles. The van der Waals surface area contributed by atoms with E-state index in [4.69, 9.17) is 5.14 Å². The average Bonchev–Trinajstić information content (AvgIpc) is 3.03. The molecule has 0 saturated carbocycles. The van der Waals surface area contributed by atoms with E-state index in [1.165, 1.54) is 25.1 Å². The van der Waals surface area contributed by atoms with E-state index < -0.39 is 27.4 Å². The summed E-state index contributed by atoms with van der Waals surface area (Å²) in [6, 6.07) is 7.67. The number of halogens is 4. The Morgan fingerprint density at radius 2 is 1.79 bits per heavy atom. The highest BCUT2D eigenvalue weighted by Crippen LogP contribution is 2.31. The maximum Gasteiger partial charge on any atom is 0.433 e. The van der Waals surface area contributed by atoms with E-state index >= 15 is 0 Å². The molecule has 10 heteroatoms. The van der Waals surface area contributed by atoms with Gasteiger partial charge in [-0.05, 0) is 44.2 Å². The number of alkyl halides is 3. The van der Waals surface area contributed by atoms with Crippen molar-refractivity contribution in [2.24, 2.45) is 5.14 Å². The second-order valence-corrected chi connectivity index (χ2v) is 9.64. The maximum absolute atomic E-state index is 13.2. The second kappa shape index (κ2) is 7.26. The number of thiazole rings is 1. The first-order chi connectivity index (χ1) is 13.0. The van der Waals surface area contributed by atoms with Crippen molar-refractivity contribution in [3.8, 4) is 11.3 Å². The predicted molar refractivity (Wildman–Crippen MR) is 102 cm³/mol. The largest absolute Gasteiger partial charge is 0.433 e. The molecular weight excluding hydrogens is 414 g/mol. The van der Waals surface area contributed by atoms with Gasteiger partial charge >= 0.3 is 6.18 Å². The quantitative estimate of drug-likeness (QED) is 0.381. The summed E-state index contributed by atoms with van der Waals surface area (Å²) >= 11 is 1.12. The molecule has 1 aromatic carbocycles. The maximum atomic E-state index is 13.2. The third-order valence-electron chi connectivity index (χ3n) is 4.07. The summed E-state index contributed by atoms with van der Waals surface area (Å²) in [6.45, 7) is 3.24. The first-order valence-electron chi connectivity index (χ1n) is 7.92. The molecule has 3 aromatic rings. The van der Waals surface area contributed by atoms with Crippen LogP contribution in [0.1, 0.15) is 23.1 Å². The molecule has 28 heavy (non-hydrogen) atoms. The lowest BCUT2D eigenvalue weighted by atomic mass is 10.1. The molecule has 1 atom stereocenters. The van der Waals surface area contributed by atoms with Crippen molar-refractivity contribution < 1.29 is 21.8 Å². The average molecular weight is 429 g/mol. The van der Waals surface area contributed by atoms with Crippen LogP contribution in [0.2, 0.25) is 0 Å². The number of aromatic nitrogens is 2. The molecule has 2 N–H and O–H groups in total. The molecule has 0 spiro atoms. The van der Waals surface area contributed by atoms with Gasteiger partial charge in [0, 0.05) is 27.1 Å². The topological polar surface area (TPSA) is 68.9 Å². The van der Waals surface area contributed by atoms with Crippen LogP contribution in [0.4, 0.5) is 17.6 Å². The highest BCUT2D eigenvalue weighted by atomic mass is 32.2.